The number of halogens is 3. The summed E-state index contributed by atoms with van der Waals surface area (Å²) in [5.74, 6) is -0.178. The second-order valence-corrected chi connectivity index (χ2v) is 11.5. The molecule has 10 nitrogen and oxygen atoms in total. The number of nitrogens with zero attached hydrogens (tertiary/aromatic N) is 6. The Morgan fingerprint density at radius 1 is 0.911 bits per heavy atom. The number of hydrogen-bond acceptors (Lipinski definition) is 8. The Hall–Kier alpha value is -4.10. The van der Waals surface area contributed by atoms with Gasteiger partial charge < -0.3 is 24.0 Å². The summed E-state index contributed by atoms with van der Waals surface area (Å²) in [6, 6.07) is 20.3. The lowest BCUT2D eigenvalue weighted by Gasteiger charge is -2.53. The van der Waals surface area contributed by atoms with Crippen LogP contribution in [0.5, 0.6) is 17.8 Å². The summed E-state index contributed by atoms with van der Waals surface area (Å²) < 4.78 is 55.5. The van der Waals surface area contributed by atoms with Crippen LogP contribution in [0.25, 0.3) is 0 Å². The normalized spacial score (nSPS) is 19.2. The summed E-state index contributed by atoms with van der Waals surface area (Å²) in [7, 11) is 6.20. The Morgan fingerprint density at radius 2 is 1.53 bits per heavy atom. The van der Waals surface area contributed by atoms with Gasteiger partial charge in [-0.3, -0.25) is 9.80 Å². The number of benzene rings is 2. The molecule has 242 valence electrons. The van der Waals surface area contributed by atoms with Crippen molar-refractivity contribution in [2.45, 2.75) is 30.7 Å². The van der Waals surface area contributed by atoms with Crippen molar-refractivity contribution in [1.29, 1.82) is 0 Å². The van der Waals surface area contributed by atoms with E-state index in [1.807, 2.05) is 41.3 Å². The van der Waals surface area contributed by atoms with Crippen molar-refractivity contribution < 1.29 is 32.2 Å². The molecule has 2 fully saturated rings. The molecule has 0 radical (unpaired) electrons. The molecule has 0 N–H and O–H groups in total. The number of piperazine rings is 2. The van der Waals surface area contributed by atoms with Crippen molar-refractivity contribution in [2.75, 3.05) is 67.6 Å². The molecule has 2 amide bonds. The molecule has 0 aliphatic carbocycles. The molecule has 2 aliphatic rings. The summed E-state index contributed by atoms with van der Waals surface area (Å²) in [4.78, 5) is 29.5. The van der Waals surface area contributed by atoms with Crippen molar-refractivity contribution in [2.24, 2.45) is 0 Å². The van der Waals surface area contributed by atoms with Crippen LogP contribution in [0.3, 0.4) is 0 Å². The molecule has 3 heterocycles. The summed E-state index contributed by atoms with van der Waals surface area (Å²) in [5, 5.41) is 0. The summed E-state index contributed by atoms with van der Waals surface area (Å²) in [5.41, 5.74) is 2.60. The van der Waals surface area contributed by atoms with Gasteiger partial charge in [-0.25, -0.2) is 4.79 Å². The predicted octanol–water partition coefficient (Wildman–Crippen LogP) is 4.12. The zero-order valence-corrected chi connectivity index (χ0v) is 25.9. The van der Waals surface area contributed by atoms with E-state index in [1.165, 1.54) is 14.2 Å². The number of hydrogen-bond donors (Lipinski definition) is 0. The van der Waals surface area contributed by atoms with Gasteiger partial charge >= 0.3 is 18.2 Å². The Labute approximate surface area is 261 Å². The molecule has 2 aliphatic heterocycles. The van der Waals surface area contributed by atoms with E-state index >= 15 is 0 Å². The average molecular weight is 629 g/mol. The Morgan fingerprint density at radius 3 is 2.09 bits per heavy atom. The minimum absolute atomic E-state index is 0.0104. The molecular weight excluding hydrogens is 589 g/mol. The molecule has 2 aromatic carbocycles. The highest BCUT2D eigenvalue weighted by Gasteiger charge is 2.43. The SMILES string of the molecule is COc1nc(OC)c(CN2CC3CN(C(=O)N(C)C)CCN3C(C(c3ccccc3)c3ccccc3)C2)c(OCC(F)(F)F)n1. The minimum atomic E-state index is -4.57. The van der Waals surface area contributed by atoms with E-state index in [0.29, 0.717) is 38.3 Å². The first-order chi connectivity index (χ1) is 21.6. The summed E-state index contributed by atoms with van der Waals surface area (Å²) in [6.07, 6.45) is -4.57. The summed E-state index contributed by atoms with van der Waals surface area (Å²) >= 11 is 0. The van der Waals surface area contributed by atoms with Crippen LogP contribution in [0.15, 0.2) is 60.7 Å². The van der Waals surface area contributed by atoms with E-state index < -0.39 is 12.8 Å². The number of alkyl halides is 3. The first kappa shape index (κ1) is 32.3. The fourth-order valence-corrected chi connectivity index (χ4v) is 6.36. The molecule has 13 heteroatoms. The second kappa shape index (κ2) is 13.9. The van der Waals surface area contributed by atoms with Crippen LogP contribution in [-0.4, -0.2) is 122 Å². The van der Waals surface area contributed by atoms with Gasteiger partial charge in [0.25, 0.3) is 0 Å². The molecule has 0 saturated carbocycles. The predicted molar refractivity (Wildman–Crippen MR) is 162 cm³/mol. The smallest absolute Gasteiger partial charge is 0.422 e. The lowest BCUT2D eigenvalue weighted by atomic mass is 9.81. The van der Waals surface area contributed by atoms with Crippen LogP contribution in [0.2, 0.25) is 0 Å². The van der Waals surface area contributed by atoms with Crippen molar-refractivity contribution in [3.63, 3.8) is 0 Å². The van der Waals surface area contributed by atoms with Gasteiger partial charge in [-0.1, -0.05) is 60.7 Å². The van der Waals surface area contributed by atoms with Gasteiger partial charge in [0.2, 0.25) is 11.8 Å². The van der Waals surface area contributed by atoms with Crippen LogP contribution >= 0.6 is 0 Å². The Kier molecular flexibility index (Phi) is 9.98. The van der Waals surface area contributed by atoms with Gasteiger partial charge in [0.15, 0.2) is 6.61 Å². The third-order valence-electron chi connectivity index (χ3n) is 8.26. The maximum atomic E-state index is 13.2. The second-order valence-electron chi connectivity index (χ2n) is 11.5. The Bertz CT molecular complexity index is 1390. The number of urea groups is 1. The average Bonchev–Trinajstić information content (AvgIpc) is 3.04. The quantitative estimate of drug-likeness (QED) is 0.350. The third-order valence-corrected chi connectivity index (χ3v) is 8.26. The first-order valence-electron chi connectivity index (χ1n) is 14.8. The molecule has 2 unspecified atom stereocenters. The van der Waals surface area contributed by atoms with E-state index in [-0.39, 0.29) is 48.3 Å². The van der Waals surface area contributed by atoms with Gasteiger partial charge in [0.1, 0.15) is 0 Å². The molecule has 0 spiro atoms. The van der Waals surface area contributed by atoms with Crippen LogP contribution < -0.4 is 14.2 Å². The number of fused-ring (bicyclic) bond motifs is 1. The van der Waals surface area contributed by atoms with E-state index in [4.69, 9.17) is 14.2 Å². The molecular formula is C32H39F3N6O4. The van der Waals surface area contributed by atoms with Crippen LogP contribution in [-0.2, 0) is 6.54 Å². The van der Waals surface area contributed by atoms with E-state index in [9.17, 15) is 18.0 Å². The van der Waals surface area contributed by atoms with Crippen molar-refractivity contribution >= 4 is 6.03 Å². The van der Waals surface area contributed by atoms with Crippen LogP contribution in [0.1, 0.15) is 22.6 Å². The van der Waals surface area contributed by atoms with E-state index in [1.54, 1.807) is 19.0 Å². The molecule has 5 rings (SSSR count). The van der Waals surface area contributed by atoms with Gasteiger partial charge in [0, 0.05) is 71.4 Å². The van der Waals surface area contributed by atoms with Gasteiger partial charge in [0.05, 0.1) is 19.8 Å². The monoisotopic (exact) mass is 628 g/mol. The van der Waals surface area contributed by atoms with Crippen molar-refractivity contribution in [3.05, 3.63) is 77.4 Å². The number of carbonyl (C=O) groups excluding carboxylic acids is 1. The fourth-order valence-electron chi connectivity index (χ4n) is 6.36. The summed E-state index contributed by atoms with van der Waals surface area (Å²) in [6.45, 7) is 1.57. The zero-order chi connectivity index (χ0) is 32.1. The molecule has 45 heavy (non-hydrogen) atoms. The number of methoxy groups -OCH3 is 2. The van der Waals surface area contributed by atoms with Crippen LogP contribution in [0.4, 0.5) is 18.0 Å². The van der Waals surface area contributed by atoms with Gasteiger partial charge in [-0.2, -0.15) is 23.1 Å². The number of amides is 2. The lowest BCUT2D eigenvalue weighted by molar-refractivity contribution is -0.154. The highest BCUT2D eigenvalue weighted by atomic mass is 19.4. The van der Waals surface area contributed by atoms with E-state index in [2.05, 4.69) is 44.0 Å². The first-order valence-corrected chi connectivity index (χ1v) is 14.8. The largest absolute Gasteiger partial charge is 0.481 e. The number of rotatable bonds is 9. The maximum absolute atomic E-state index is 13.2. The molecule has 2 saturated heterocycles. The van der Waals surface area contributed by atoms with Crippen molar-refractivity contribution in [3.8, 4) is 17.8 Å². The third kappa shape index (κ3) is 7.59. The molecule has 0 bridgehead atoms. The molecule has 1 aromatic heterocycles. The van der Waals surface area contributed by atoms with Crippen LogP contribution in [0, 0.1) is 0 Å². The number of aromatic nitrogens is 2. The number of ether oxygens (including phenoxy) is 3. The molecule has 3 aromatic rings. The topological polar surface area (TPSA) is 83.5 Å². The Balaban J connectivity index is 1.54. The van der Waals surface area contributed by atoms with E-state index in [0.717, 1.165) is 11.1 Å². The minimum Gasteiger partial charge on any atom is -0.481 e. The highest BCUT2D eigenvalue weighted by molar-refractivity contribution is 5.74. The van der Waals surface area contributed by atoms with Gasteiger partial charge in [-0.15, -0.1) is 0 Å². The lowest BCUT2D eigenvalue weighted by Crippen LogP contribution is -2.67. The highest BCUT2D eigenvalue weighted by Crippen LogP contribution is 2.38. The van der Waals surface area contributed by atoms with Crippen molar-refractivity contribution in [1.82, 2.24) is 29.6 Å². The zero-order valence-electron chi connectivity index (χ0n) is 25.9. The van der Waals surface area contributed by atoms with Gasteiger partial charge in [-0.05, 0) is 11.1 Å². The number of carbonyl (C=O) groups is 1. The fraction of sp³-hybridized carbons (Fsp3) is 0.469. The maximum Gasteiger partial charge on any atom is 0.422 e. The standard InChI is InChI=1S/C32H39F3N6O4/c1-38(2)31(42)40-15-16-41-24(18-40)17-39(19-25-28(43-3)36-30(44-4)37-29(25)45-21-32(33,34)35)20-26(41)27(22-11-7-5-8-12-22)23-13-9-6-10-14-23/h5-14,24,26-27H,15-21H2,1-4H3. The molecule has 2 atom stereocenters.